The second-order valence-corrected chi connectivity index (χ2v) is 10.1. The number of hydrogen-bond donors (Lipinski definition) is 1. The van der Waals surface area contributed by atoms with Gasteiger partial charge in [-0.25, -0.2) is 8.42 Å². The van der Waals surface area contributed by atoms with Crippen LogP contribution in [0.5, 0.6) is 0 Å². The first-order chi connectivity index (χ1) is 13.8. The molecule has 0 bridgehead atoms. The topological polar surface area (TPSA) is 86.8 Å². The average Bonchev–Trinajstić information content (AvgIpc) is 2.95. The summed E-state index contributed by atoms with van der Waals surface area (Å²) in [6, 6.07) is 5.00. The van der Waals surface area contributed by atoms with Crippen LogP contribution in [0.3, 0.4) is 0 Å². The molecule has 1 heterocycles. The molecule has 7 nitrogen and oxygen atoms in total. The van der Waals surface area contributed by atoms with Gasteiger partial charge in [0.15, 0.2) is 0 Å². The van der Waals surface area contributed by atoms with E-state index in [-0.39, 0.29) is 29.3 Å². The zero-order valence-corrected chi connectivity index (χ0v) is 18.1. The summed E-state index contributed by atoms with van der Waals surface area (Å²) < 4.78 is 27.1. The van der Waals surface area contributed by atoms with Gasteiger partial charge in [0.05, 0.1) is 11.4 Å². The second-order valence-electron chi connectivity index (χ2n) is 8.08. The molecule has 0 unspecified atom stereocenters. The van der Waals surface area contributed by atoms with Crippen LogP contribution in [0.25, 0.3) is 0 Å². The molecule has 1 aromatic carbocycles. The Balaban J connectivity index is 1.69. The van der Waals surface area contributed by atoms with Crippen LogP contribution >= 0.6 is 0 Å². The Labute approximate surface area is 173 Å². The normalized spacial score (nSPS) is 18.2. The quantitative estimate of drug-likeness (QED) is 0.740. The van der Waals surface area contributed by atoms with Crippen molar-refractivity contribution in [1.29, 1.82) is 0 Å². The number of benzene rings is 1. The lowest BCUT2D eigenvalue weighted by molar-refractivity contribution is -0.122. The summed E-state index contributed by atoms with van der Waals surface area (Å²) in [5, 5.41) is 2.99. The number of carbonyl (C=O) groups is 2. The van der Waals surface area contributed by atoms with E-state index in [9.17, 15) is 18.0 Å². The van der Waals surface area contributed by atoms with Crippen LogP contribution < -0.4 is 10.2 Å². The van der Waals surface area contributed by atoms with Gasteiger partial charge < -0.3 is 10.2 Å². The molecule has 3 rings (SSSR count). The molecule has 0 radical (unpaired) electrons. The smallest absolute Gasteiger partial charge is 0.243 e. The minimum Gasteiger partial charge on any atom is -0.352 e. The minimum absolute atomic E-state index is 0.0474. The van der Waals surface area contributed by atoms with Crippen LogP contribution in [0.2, 0.25) is 0 Å². The lowest BCUT2D eigenvalue weighted by atomic mass is 10.0. The van der Waals surface area contributed by atoms with Gasteiger partial charge in [0.2, 0.25) is 21.8 Å². The highest BCUT2D eigenvalue weighted by Crippen LogP contribution is 2.30. The van der Waals surface area contributed by atoms with Crippen molar-refractivity contribution in [3.05, 3.63) is 23.8 Å². The molecule has 0 aromatic heterocycles. The van der Waals surface area contributed by atoms with Crippen LogP contribution in [-0.4, -0.2) is 50.7 Å². The number of rotatable bonds is 5. The van der Waals surface area contributed by atoms with Crippen molar-refractivity contribution < 1.29 is 18.0 Å². The van der Waals surface area contributed by atoms with Gasteiger partial charge in [-0.15, -0.1) is 0 Å². The maximum atomic E-state index is 13.0. The third-order valence-corrected chi connectivity index (χ3v) is 7.64. The third-order valence-electron chi connectivity index (χ3n) is 5.84. The first-order valence-corrected chi connectivity index (χ1v) is 11.9. The summed E-state index contributed by atoms with van der Waals surface area (Å²) in [7, 11) is -2.35. The summed E-state index contributed by atoms with van der Waals surface area (Å²) in [4.78, 5) is 26.1. The monoisotopic (exact) mass is 421 g/mol. The number of nitrogens with zero attached hydrogens (tertiary/aromatic N) is 2. The maximum absolute atomic E-state index is 13.0. The standard InChI is InChI=1S/C21H31N3O4S/c1-16(25)24-13-7-8-17-14-19(11-12-20(17)24)29(27,28)23(2)15-21(26)22-18-9-5-3-4-6-10-18/h11-12,14,18H,3-10,13,15H2,1-2H3,(H,22,26). The van der Waals surface area contributed by atoms with Gasteiger partial charge >= 0.3 is 0 Å². The predicted molar refractivity (Wildman–Crippen MR) is 112 cm³/mol. The highest BCUT2D eigenvalue weighted by Gasteiger charge is 2.27. The van der Waals surface area contributed by atoms with Crippen molar-refractivity contribution in [3.63, 3.8) is 0 Å². The van der Waals surface area contributed by atoms with E-state index >= 15 is 0 Å². The first kappa shape index (κ1) is 21.8. The van der Waals surface area contributed by atoms with E-state index in [4.69, 9.17) is 0 Å². The number of amides is 2. The molecule has 1 aromatic rings. The highest BCUT2D eigenvalue weighted by molar-refractivity contribution is 7.89. The molecular formula is C21H31N3O4S. The van der Waals surface area contributed by atoms with Gasteiger partial charge in [-0.05, 0) is 49.4 Å². The molecule has 2 aliphatic rings. The predicted octanol–water partition coefficient (Wildman–Crippen LogP) is 2.45. The van der Waals surface area contributed by atoms with Crippen molar-refractivity contribution in [2.75, 3.05) is 25.0 Å². The molecule has 0 saturated heterocycles. The van der Waals surface area contributed by atoms with E-state index in [1.807, 2.05) is 0 Å². The average molecular weight is 422 g/mol. The Morgan fingerprint density at radius 3 is 2.48 bits per heavy atom. The van der Waals surface area contributed by atoms with Crippen molar-refractivity contribution in [2.45, 2.75) is 69.2 Å². The maximum Gasteiger partial charge on any atom is 0.243 e. The van der Waals surface area contributed by atoms with Gasteiger partial charge in [0, 0.05) is 32.2 Å². The molecular weight excluding hydrogens is 390 g/mol. The van der Waals surface area contributed by atoms with Gasteiger partial charge in [-0.2, -0.15) is 4.31 Å². The first-order valence-electron chi connectivity index (χ1n) is 10.5. The van der Waals surface area contributed by atoms with Crippen molar-refractivity contribution >= 4 is 27.5 Å². The Morgan fingerprint density at radius 1 is 1.14 bits per heavy atom. The molecule has 1 aliphatic heterocycles. The van der Waals surface area contributed by atoms with E-state index in [1.54, 1.807) is 17.0 Å². The Kier molecular flexibility index (Phi) is 6.95. The number of aryl methyl sites for hydroxylation is 1. The number of sulfonamides is 1. The molecule has 0 atom stereocenters. The van der Waals surface area contributed by atoms with Crippen molar-refractivity contribution in [1.82, 2.24) is 9.62 Å². The van der Waals surface area contributed by atoms with E-state index in [2.05, 4.69) is 5.32 Å². The molecule has 0 spiro atoms. The number of likely N-dealkylation sites (N-methyl/N-ethyl adjacent to an activating group) is 1. The number of hydrogen-bond acceptors (Lipinski definition) is 4. The fourth-order valence-corrected chi connectivity index (χ4v) is 5.40. The van der Waals surface area contributed by atoms with Crippen molar-refractivity contribution in [3.8, 4) is 0 Å². The number of nitrogens with one attached hydrogen (secondary N) is 1. The molecule has 160 valence electrons. The van der Waals surface area contributed by atoms with Gasteiger partial charge in [0.1, 0.15) is 0 Å². The van der Waals surface area contributed by atoms with E-state index < -0.39 is 10.0 Å². The zero-order chi connectivity index (χ0) is 21.0. The SMILES string of the molecule is CC(=O)N1CCCc2cc(S(=O)(=O)N(C)CC(=O)NC3CCCCCC3)ccc21. The molecule has 1 N–H and O–H groups in total. The summed E-state index contributed by atoms with van der Waals surface area (Å²) >= 11 is 0. The Morgan fingerprint density at radius 2 is 1.83 bits per heavy atom. The van der Waals surface area contributed by atoms with Crippen LogP contribution in [0.15, 0.2) is 23.1 Å². The van der Waals surface area contributed by atoms with Crippen LogP contribution in [0.4, 0.5) is 5.69 Å². The Bertz CT molecular complexity index is 861. The highest BCUT2D eigenvalue weighted by atomic mass is 32.2. The fourth-order valence-electron chi connectivity index (χ4n) is 4.23. The summed E-state index contributed by atoms with van der Waals surface area (Å²) in [5.41, 5.74) is 1.63. The summed E-state index contributed by atoms with van der Waals surface area (Å²) in [6.45, 7) is 1.96. The molecule has 1 saturated carbocycles. The molecule has 1 fully saturated rings. The van der Waals surface area contributed by atoms with Crippen molar-refractivity contribution in [2.24, 2.45) is 0 Å². The molecule has 1 aliphatic carbocycles. The third kappa shape index (κ3) is 5.17. The second kappa shape index (κ2) is 9.26. The Hall–Kier alpha value is -1.93. The largest absolute Gasteiger partial charge is 0.352 e. The minimum atomic E-state index is -3.78. The van der Waals surface area contributed by atoms with Gasteiger partial charge in [-0.3, -0.25) is 9.59 Å². The van der Waals surface area contributed by atoms with E-state index in [0.29, 0.717) is 6.54 Å². The zero-order valence-electron chi connectivity index (χ0n) is 17.3. The van der Waals surface area contributed by atoms with Gasteiger partial charge in [0.25, 0.3) is 0 Å². The molecule has 2 amide bonds. The summed E-state index contributed by atoms with van der Waals surface area (Å²) in [6.07, 6.45) is 8.04. The van der Waals surface area contributed by atoms with Crippen LogP contribution in [-0.2, 0) is 26.0 Å². The molecule has 8 heteroatoms. The number of anilines is 1. The molecule has 29 heavy (non-hydrogen) atoms. The fraction of sp³-hybridized carbons (Fsp3) is 0.619. The lowest BCUT2D eigenvalue weighted by Crippen LogP contribution is -2.42. The van der Waals surface area contributed by atoms with E-state index in [1.165, 1.54) is 32.9 Å². The number of fused-ring (bicyclic) bond motifs is 1. The summed E-state index contributed by atoms with van der Waals surface area (Å²) in [5.74, 6) is -0.308. The van der Waals surface area contributed by atoms with Crippen LogP contribution in [0, 0.1) is 0 Å². The van der Waals surface area contributed by atoms with Crippen LogP contribution in [0.1, 0.15) is 57.4 Å². The van der Waals surface area contributed by atoms with Gasteiger partial charge in [-0.1, -0.05) is 25.7 Å². The van der Waals surface area contributed by atoms with E-state index in [0.717, 1.165) is 54.1 Å². The number of carbonyl (C=O) groups excluding carboxylic acids is 2. The lowest BCUT2D eigenvalue weighted by Gasteiger charge is -2.29.